The average molecular weight is 292 g/mol. The van der Waals surface area contributed by atoms with Gasteiger partial charge in [-0.2, -0.15) is 0 Å². The van der Waals surface area contributed by atoms with Gasteiger partial charge < -0.3 is 0 Å². The minimum absolute atomic E-state index is 0.0315. The van der Waals surface area contributed by atoms with Crippen LogP contribution in [0, 0.1) is 0 Å². The molecule has 0 saturated heterocycles. The highest BCUT2D eigenvalue weighted by atomic mass is 16.1. The van der Waals surface area contributed by atoms with E-state index in [-0.39, 0.29) is 11.1 Å². The van der Waals surface area contributed by atoms with Crippen LogP contribution in [0.4, 0.5) is 0 Å². The Kier molecular flexibility index (Phi) is 3.57. The molecule has 0 N–H and O–H groups in total. The molecular weight excluding hydrogens is 272 g/mol. The van der Waals surface area contributed by atoms with Crippen LogP contribution in [-0.4, -0.2) is 9.55 Å². The van der Waals surface area contributed by atoms with E-state index < -0.39 is 0 Å². The van der Waals surface area contributed by atoms with Gasteiger partial charge in [0.05, 0.1) is 10.9 Å². The van der Waals surface area contributed by atoms with E-state index in [1.807, 2.05) is 67.8 Å². The summed E-state index contributed by atoms with van der Waals surface area (Å²) in [5.74, 6) is 0.808. The van der Waals surface area contributed by atoms with Crippen LogP contribution in [0.25, 0.3) is 10.9 Å². The topological polar surface area (TPSA) is 34.9 Å². The number of hydrogen-bond acceptors (Lipinski definition) is 2. The highest BCUT2D eigenvalue weighted by Gasteiger charge is 2.21. The molecule has 0 saturated carbocycles. The van der Waals surface area contributed by atoms with E-state index >= 15 is 0 Å². The summed E-state index contributed by atoms with van der Waals surface area (Å²) in [4.78, 5) is 17.7. The highest BCUT2D eigenvalue weighted by molar-refractivity contribution is 5.77. The van der Waals surface area contributed by atoms with Gasteiger partial charge in [-0.15, -0.1) is 0 Å². The summed E-state index contributed by atoms with van der Waals surface area (Å²) < 4.78 is 1.82. The molecule has 0 aliphatic heterocycles. The molecule has 0 spiro atoms. The fourth-order valence-corrected chi connectivity index (χ4v) is 2.77. The van der Waals surface area contributed by atoms with Gasteiger partial charge in [-0.25, -0.2) is 4.98 Å². The molecule has 3 heteroatoms. The summed E-state index contributed by atoms with van der Waals surface area (Å²) >= 11 is 0. The third-order valence-electron chi connectivity index (χ3n) is 3.72. The number of nitrogens with zero attached hydrogens (tertiary/aromatic N) is 2. The van der Waals surface area contributed by atoms with Gasteiger partial charge in [0.15, 0.2) is 0 Å². The first-order valence-electron chi connectivity index (χ1n) is 7.52. The molecule has 1 heterocycles. The first-order valence-corrected chi connectivity index (χ1v) is 7.52. The maximum absolute atomic E-state index is 12.9. The van der Waals surface area contributed by atoms with Gasteiger partial charge in [-0.3, -0.25) is 9.36 Å². The monoisotopic (exact) mass is 292 g/mol. The molecule has 0 atom stereocenters. The SMILES string of the molecule is CC(C)(C)n1c(Cc2ccccc2)nc2ccccc2c1=O. The van der Waals surface area contributed by atoms with Crippen LogP contribution in [-0.2, 0) is 12.0 Å². The van der Waals surface area contributed by atoms with Crippen molar-refractivity contribution < 1.29 is 0 Å². The molecule has 0 amide bonds. The van der Waals surface area contributed by atoms with Gasteiger partial charge in [0, 0.05) is 12.0 Å². The predicted octanol–water partition coefficient (Wildman–Crippen LogP) is 3.74. The fraction of sp³-hybridized carbons (Fsp3) is 0.263. The van der Waals surface area contributed by atoms with Gasteiger partial charge in [0.2, 0.25) is 0 Å². The molecule has 0 aliphatic rings. The first-order chi connectivity index (χ1) is 10.5. The predicted molar refractivity (Wildman–Crippen MR) is 90.2 cm³/mol. The van der Waals surface area contributed by atoms with E-state index in [4.69, 9.17) is 4.98 Å². The lowest BCUT2D eigenvalue weighted by molar-refractivity contribution is 0.369. The molecule has 0 unspecified atom stereocenters. The summed E-state index contributed by atoms with van der Waals surface area (Å²) in [5.41, 5.74) is 1.64. The number of para-hydroxylation sites is 1. The summed E-state index contributed by atoms with van der Waals surface area (Å²) in [6, 6.07) is 17.7. The van der Waals surface area contributed by atoms with Crippen molar-refractivity contribution in [2.24, 2.45) is 0 Å². The summed E-state index contributed by atoms with van der Waals surface area (Å²) in [7, 11) is 0. The Balaban J connectivity index is 2.25. The van der Waals surface area contributed by atoms with Crippen LogP contribution in [0.3, 0.4) is 0 Å². The minimum atomic E-state index is -0.307. The Morgan fingerprint density at radius 1 is 0.955 bits per heavy atom. The van der Waals surface area contributed by atoms with Crippen LogP contribution in [0.2, 0.25) is 0 Å². The van der Waals surface area contributed by atoms with E-state index in [1.54, 1.807) is 0 Å². The largest absolute Gasteiger partial charge is 0.290 e. The second-order valence-electron chi connectivity index (χ2n) is 6.52. The third-order valence-corrected chi connectivity index (χ3v) is 3.72. The molecule has 0 radical (unpaired) electrons. The lowest BCUT2D eigenvalue weighted by atomic mass is 10.1. The Morgan fingerprint density at radius 2 is 1.59 bits per heavy atom. The molecule has 3 nitrogen and oxygen atoms in total. The average Bonchev–Trinajstić information content (AvgIpc) is 2.47. The molecular formula is C19H20N2O. The molecule has 0 bridgehead atoms. The van der Waals surface area contributed by atoms with Gasteiger partial charge in [-0.05, 0) is 38.5 Å². The zero-order valence-corrected chi connectivity index (χ0v) is 13.2. The molecule has 0 aliphatic carbocycles. The van der Waals surface area contributed by atoms with E-state index in [1.165, 1.54) is 0 Å². The zero-order valence-electron chi connectivity index (χ0n) is 13.2. The maximum atomic E-state index is 12.9. The minimum Gasteiger partial charge on any atom is -0.290 e. The van der Waals surface area contributed by atoms with Crippen LogP contribution < -0.4 is 5.56 Å². The lowest BCUT2D eigenvalue weighted by Crippen LogP contribution is -2.37. The molecule has 3 rings (SSSR count). The molecule has 2 aromatic carbocycles. The summed E-state index contributed by atoms with van der Waals surface area (Å²) in [5, 5.41) is 0.675. The van der Waals surface area contributed by atoms with E-state index in [0.717, 1.165) is 16.9 Å². The van der Waals surface area contributed by atoms with Crippen molar-refractivity contribution in [2.45, 2.75) is 32.7 Å². The van der Waals surface area contributed by atoms with Crippen molar-refractivity contribution in [3.05, 3.63) is 76.3 Å². The molecule has 112 valence electrons. The second-order valence-corrected chi connectivity index (χ2v) is 6.52. The smallest absolute Gasteiger partial charge is 0.261 e. The van der Waals surface area contributed by atoms with Gasteiger partial charge in [0.25, 0.3) is 5.56 Å². The Labute approximate surface area is 130 Å². The zero-order chi connectivity index (χ0) is 15.7. The van der Waals surface area contributed by atoms with E-state index in [0.29, 0.717) is 11.8 Å². The van der Waals surface area contributed by atoms with Gasteiger partial charge in [0.1, 0.15) is 5.82 Å². The molecule has 0 fully saturated rings. The standard InChI is InChI=1S/C19H20N2O/c1-19(2,3)21-17(13-14-9-5-4-6-10-14)20-16-12-8-7-11-15(16)18(21)22/h4-12H,13H2,1-3H3. The van der Waals surface area contributed by atoms with Crippen molar-refractivity contribution in [3.63, 3.8) is 0 Å². The van der Waals surface area contributed by atoms with Crippen LogP contribution in [0.1, 0.15) is 32.2 Å². The molecule has 1 aromatic heterocycles. The van der Waals surface area contributed by atoms with Crippen molar-refractivity contribution in [1.29, 1.82) is 0 Å². The quantitative estimate of drug-likeness (QED) is 0.721. The maximum Gasteiger partial charge on any atom is 0.261 e. The summed E-state index contributed by atoms with van der Waals surface area (Å²) in [6.07, 6.45) is 0.651. The van der Waals surface area contributed by atoms with Crippen LogP contribution in [0.5, 0.6) is 0 Å². The van der Waals surface area contributed by atoms with Gasteiger partial charge >= 0.3 is 0 Å². The lowest BCUT2D eigenvalue weighted by Gasteiger charge is -2.26. The number of aromatic nitrogens is 2. The van der Waals surface area contributed by atoms with Crippen molar-refractivity contribution in [1.82, 2.24) is 9.55 Å². The number of benzene rings is 2. The van der Waals surface area contributed by atoms with Crippen molar-refractivity contribution in [2.75, 3.05) is 0 Å². The third kappa shape index (κ3) is 2.67. The van der Waals surface area contributed by atoms with E-state index in [9.17, 15) is 4.79 Å². The Morgan fingerprint density at radius 3 is 2.27 bits per heavy atom. The Hall–Kier alpha value is -2.42. The molecule has 22 heavy (non-hydrogen) atoms. The number of hydrogen-bond donors (Lipinski definition) is 0. The molecule has 3 aromatic rings. The fourth-order valence-electron chi connectivity index (χ4n) is 2.77. The van der Waals surface area contributed by atoms with Crippen LogP contribution in [0.15, 0.2) is 59.4 Å². The number of rotatable bonds is 2. The van der Waals surface area contributed by atoms with Crippen LogP contribution >= 0.6 is 0 Å². The normalized spacial score (nSPS) is 11.8. The Bertz CT molecular complexity index is 858. The van der Waals surface area contributed by atoms with Crippen molar-refractivity contribution in [3.8, 4) is 0 Å². The number of fused-ring (bicyclic) bond motifs is 1. The van der Waals surface area contributed by atoms with Crippen molar-refractivity contribution >= 4 is 10.9 Å². The second kappa shape index (κ2) is 5.41. The van der Waals surface area contributed by atoms with Gasteiger partial charge in [-0.1, -0.05) is 42.5 Å². The highest BCUT2D eigenvalue weighted by Crippen LogP contribution is 2.18. The van der Waals surface area contributed by atoms with E-state index in [2.05, 4.69) is 12.1 Å². The first kappa shape index (κ1) is 14.5. The summed E-state index contributed by atoms with van der Waals surface area (Å²) in [6.45, 7) is 6.12.